The molecule has 0 saturated carbocycles. The molecular weight excluding hydrogens is 542 g/mol. The molecule has 0 spiro atoms. The quantitative estimate of drug-likeness (QED) is 0.229. The Bertz CT molecular complexity index is 1740. The maximum atomic E-state index is 6.96. The van der Waals surface area contributed by atoms with Gasteiger partial charge in [-0.3, -0.25) is 0 Å². The number of hydrogen-bond acceptors (Lipinski definition) is 1. The predicted octanol–water partition coefficient (Wildman–Crippen LogP) is 12.4. The lowest BCUT2D eigenvalue weighted by molar-refractivity contribution is 0.332. The molecule has 0 aromatic heterocycles. The first-order valence-electron chi connectivity index (χ1n) is 16.0. The standard InChI is InChI=1S/C41H48ClN/c1-26-13-11-12-14-32(26)28-20-29(42)22-31(21-28)43(30-15-16-33-35(23-30)41(9,10)25-40(33,7)8)37-24-36-34(19-27(37)2)38(3,4)17-18-39(36,5)6/h11-16,19-24H,17-18,25H2,1-10H3. The van der Waals surface area contributed by atoms with E-state index in [1.165, 1.54) is 63.2 Å². The summed E-state index contributed by atoms with van der Waals surface area (Å²) in [4.78, 5) is 2.47. The van der Waals surface area contributed by atoms with Crippen LogP contribution in [0.25, 0.3) is 11.1 Å². The summed E-state index contributed by atoms with van der Waals surface area (Å²) >= 11 is 6.96. The number of anilines is 3. The average molecular weight is 590 g/mol. The van der Waals surface area contributed by atoms with Gasteiger partial charge in [0.15, 0.2) is 0 Å². The Labute approximate surface area is 265 Å². The summed E-state index contributed by atoms with van der Waals surface area (Å²) in [5, 5.41) is 0.750. The Hall–Kier alpha value is -3.03. The molecule has 4 aromatic carbocycles. The summed E-state index contributed by atoms with van der Waals surface area (Å²) in [5.41, 5.74) is 14.9. The van der Waals surface area contributed by atoms with E-state index >= 15 is 0 Å². The lowest BCUT2D eigenvalue weighted by Gasteiger charge is -2.43. The van der Waals surface area contributed by atoms with Gasteiger partial charge >= 0.3 is 0 Å². The number of hydrogen-bond donors (Lipinski definition) is 0. The van der Waals surface area contributed by atoms with Crippen molar-refractivity contribution in [2.45, 2.75) is 110 Å². The van der Waals surface area contributed by atoms with Gasteiger partial charge in [0, 0.05) is 22.1 Å². The third-order valence-electron chi connectivity index (χ3n) is 10.6. The molecule has 0 unspecified atom stereocenters. The van der Waals surface area contributed by atoms with Crippen LogP contribution >= 0.6 is 11.6 Å². The highest BCUT2D eigenvalue weighted by molar-refractivity contribution is 6.31. The number of fused-ring (bicyclic) bond motifs is 2. The monoisotopic (exact) mass is 589 g/mol. The van der Waals surface area contributed by atoms with Crippen molar-refractivity contribution in [2.75, 3.05) is 4.90 Å². The van der Waals surface area contributed by atoms with Gasteiger partial charge in [-0.25, -0.2) is 0 Å². The molecule has 2 aliphatic rings. The zero-order valence-corrected chi connectivity index (χ0v) is 28.6. The second-order valence-corrected chi connectivity index (χ2v) is 16.4. The Morgan fingerprint density at radius 1 is 0.558 bits per heavy atom. The SMILES string of the molecule is Cc1ccccc1-c1cc(Cl)cc(N(c2ccc3c(c2)C(C)(C)CC3(C)C)c2cc3c(cc2C)C(C)(C)CCC3(C)C)c1. The van der Waals surface area contributed by atoms with E-state index in [4.69, 9.17) is 11.6 Å². The molecule has 43 heavy (non-hydrogen) atoms. The van der Waals surface area contributed by atoms with E-state index in [0.717, 1.165) is 22.7 Å². The largest absolute Gasteiger partial charge is 0.310 e. The second kappa shape index (κ2) is 10.00. The van der Waals surface area contributed by atoms with Crippen LogP contribution < -0.4 is 4.90 Å². The second-order valence-electron chi connectivity index (χ2n) is 16.0. The molecule has 0 amide bonds. The van der Waals surface area contributed by atoms with Crippen LogP contribution in [0.1, 0.15) is 108 Å². The normalized spacial score (nSPS) is 19.0. The fourth-order valence-corrected chi connectivity index (χ4v) is 8.48. The van der Waals surface area contributed by atoms with Crippen LogP contribution in [0, 0.1) is 13.8 Å². The van der Waals surface area contributed by atoms with Crippen LogP contribution in [-0.2, 0) is 21.7 Å². The third kappa shape index (κ3) is 5.12. The van der Waals surface area contributed by atoms with Crippen molar-refractivity contribution in [3.05, 3.63) is 111 Å². The Morgan fingerprint density at radius 2 is 1.16 bits per heavy atom. The molecule has 224 valence electrons. The lowest BCUT2D eigenvalue weighted by atomic mass is 9.63. The molecule has 6 rings (SSSR count). The van der Waals surface area contributed by atoms with Crippen molar-refractivity contribution < 1.29 is 0 Å². The highest BCUT2D eigenvalue weighted by atomic mass is 35.5. The van der Waals surface area contributed by atoms with Gasteiger partial charge in [0.05, 0.1) is 0 Å². The van der Waals surface area contributed by atoms with Crippen LogP contribution in [0.5, 0.6) is 0 Å². The van der Waals surface area contributed by atoms with Gasteiger partial charge in [0.25, 0.3) is 0 Å². The van der Waals surface area contributed by atoms with Crippen molar-refractivity contribution in [1.82, 2.24) is 0 Å². The average Bonchev–Trinajstić information content (AvgIpc) is 3.10. The van der Waals surface area contributed by atoms with Gasteiger partial charge in [-0.1, -0.05) is 103 Å². The minimum absolute atomic E-state index is 0.109. The highest BCUT2D eigenvalue weighted by Crippen LogP contribution is 2.53. The lowest BCUT2D eigenvalue weighted by Crippen LogP contribution is -2.34. The maximum Gasteiger partial charge on any atom is 0.0493 e. The third-order valence-corrected chi connectivity index (χ3v) is 10.8. The van der Waals surface area contributed by atoms with Gasteiger partial charge in [0.2, 0.25) is 0 Å². The minimum Gasteiger partial charge on any atom is -0.310 e. The van der Waals surface area contributed by atoms with Gasteiger partial charge in [-0.2, -0.15) is 0 Å². The first-order chi connectivity index (χ1) is 20.0. The van der Waals surface area contributed by atoms with E-state index in [-0.39, 0.29) is 21.7 Å². The molecule has 0 aliphatic heterocycles. The van der Waals surface area contributed by atoms with Crippen molar-refractivity contribution in [3.63, 3.8) is 0 Å². The van der Waals surface area contributed by atoms with Crippen molar-refractivity contribution in [1.29, 1.82) is 0 Å². The number of benzene rings is 4. The first-order valence-corrected chi connectivity index (χ1v) is 16.4. The zero-order valence-electron chi connectivity index (χ0n) is 27.9. The minimum atomic E-state index is 0.109. The van der Waals surface area contributed by atoms with Crippen molar-refractivity contribution in [3.8, 4) is 11.1 Å². The van der Waals surface area contributed by atoms with E-state index in [0.29, 0.717) is 0 Å². The van der Waals surface area contributed by atoms with Crippen molar-refractivity contribution in [2.24, 2.45) is 0 Å². The topological polar surface area (TPSA) is 3.24 Å². The van der Waals surface area contributed by atoms with E-state index in [2.05, 4.69) is 147 Å². The Balaban J connectivity index is 1.63. The summed E-state index contributed by atoms with van der Waals surface area (Å²) in [5.74, 6) is 0. The molecule has 0 bridgehead atoms. The summed E-state index contributed by atoms with van der Waals surface area (Å²) in [6.45, 7) is 23.7. The summed E-state index contributed by atoms with van der Waals surface area (Å²) in [7, 11) is 0. The van der Waals surface area contributed by atoms with E-state index in [1.807, 2.05) is 0 Å². The fourth-order valence-electron chi connectivity index (χ4n) is 8.25. The smallest absolute Gasteiger partial charge is 0.0493 e. The van der Waals surface area contributed by atoms with Crippen molar-refractivity contribution >= 4 is 28.7 Å². The number of halogens is 1. The molecule has 0 saturated heterocycles. The molecule has 0 N–H and O–H groups in total. The molecule has 1 nitrogen and oxygen atoms in total. The predicted molar refractivity (Wildman–Crippen MR) is 187 cm³/mol. The number of aryl methyl sites for hydroxylation is 2. The number of nitrogens with zero attached hydrogens (tertiary/aromatic N) is 1. The molecule has 0 radical (unpaired) electrons. The van der Waals surface area contributed by atoms with Crippen LogP contribution in [0.2, 0.25) is 5.02 Å². The zero-order chi connectivity index (χ0) is 31.1. The van der Waals surface area contributed by atoms with Crippen LogP contribution in [-0.4, -0.2) is 0 Å². The first kappa shape index (κ1) is 30.0. The molecule has 0 fully saturated rings. The van der Waals surface area contributed by atoms with E-state index in [9.17, 15) is 0 Å². The van der Waals surface area contributed by atoms with Gasteiger partial charge in [-0.05, 0) is 136 Å². The summed E-state index contributed by atoms with van der Waals surface area (Å²) in [6.07, 6.45) is 3.54. The molecular formula is C41H48ClN. The van der Waals surface area contributed by atoms with Crippen LogP contribution in [0.4, 0.5) is 17.1 Å². The summed E-state index contributed by atoms with van der Waals surface area (Å²) in [6, 6.07) is 27.3. The molecule has 0 atom stereocenters. The van der Waals surface area contributed by atoms with E-state index < -0.39 is 0 Å². The Kier molecular flexibility index (Phi) is 6.98. The maximum absolute atomic E-state index is 6.96. The number of rotatable bonds is 4. The van der Waals surface area contributed by atoms with Gasteiger partial charge in [-0.15, -0.1) is 0 Å². The van der Waals surface area contributed by atoms with Gasteiger partial charge in [0.1, 0.15) is 0 Å². The van der Waals surface area contributed by atoms with Crippen LogP contribution in [0.3, 0.4) is 0 Å². The highest BCUT2D eigenvalue weighted by Gasteiger charge is 2.42. The molecule has 2 aliphatic carbocycles. The molecule has 4 aromatic rings. The van der Waals surface area contributed by atoms with Crippen LogP contribution in [0.15, 0.2) is 72.8 Å². The Morgan fingerprint density at radius 3 is 1.84 bits per heavy atom. The fraction of sp³-hybridized carbons (Fsp3) is 0.415. The van der Waals surface area contributed by atoms with E-state index in [1.54, 1.807) is 0 Å². The molecule has 0 heterocycles. The van der Waals surface area contributed by atoms with Gasteiger partial charge < -0.3 is 4.90 Å². The molecule has 2 heteroatoms. The summed E-state index contributed by atoms with van der Waals surface area (Å²) < 4.78 is 0.